The highest BCUT2D eigenvalue weighted by Crippen LogP contribution is 2.40. The Morgan fingerprint density at radius 1 is 1.22 bits per heavy atom. The van der Waals surface area contributed by atoms with Crippen molar-refractivity contribution in [2.75, 3.05) is 26.2 Å². The van der Waals surface area contributed by atoms with Gasteiger partial charge in [0, 0.05) is 43.5 Å². The van der Waals surface area contributed by atoms with Gasteiger partial charge in [-0.1, -0.05) is 19.1 Å². The van der Waals surface area contributed by atoms with Crippen LogP contribution in [-0.2, 0) is 0 Å². The van der Waals surface area contributed by atoms with Crippen LogP contribution in [0.15, 0.2) is 47.4 Å². The minimum absolute atomic E-state index is 0.0164. The van der Waals surface area contributed by atoms with Crippen LogP contribution in [0.2, 0.25) is 0 Å². The van der Waals surface area contributed by atoms with Gasteiger partial charge < -0.3 is 14.8 Å². The van der Waals surface area contributed by atoms with Gasteiger partial charge in [-0.05, 0) is 43.5 Å². The fraction of sp³-hybridized carbons (Fsp3) is 0.476. The molecule has 6 nitrogen and oxygen atoms in total. The first kappa shape index (κ1) is 17.9. The molecule has 1 saturated heterocycles. The standard InChI is InChI=1S/C21H26N4O2/c1-2-10-24-13-15-11-16(14-24)19(25-18(15)7-5-8-20(25)26)12-23-21(27)17-6-3-4-9-22-17/h3-9,15-16,19H,2,10-14H2,1H3,(H,23,27)/t15-,16+,19+/m1/s1. The molecule has 142 valence electrons. The minimum Gasteiger partial charge on any atom is -0.349 e. The molecule has 0 aromatic carbocycles. The molecule has 1 fully saturated rings. The van der Waals surface area contributed by atoms with Gasteiger partial charge in [-0.25, -0.2) is 0 Å². The maximum absolute atomic E-state index is 12.7. The van der Waals surface area contributed by atoms with Crippen LogP contribution in [0.3, 0.4) is 0 Å². The van der Waals surface area contributed by atoms with Gasteiger partial charge in [-0.3, -0.25) is 14.6 Å². The van der Waals surface area contributed by atoms with Gasteiger partial charge in [0.1, 0.15) is 5.69 Å². The van der Waals surface area contributed by atoms with Gasteiger partial charge in [0.25, 0.3) is 11.5 Å². The fourth-order valence-corrected chi connectivity index (χ4v) is 4.68. The third kappa shape index (κ3) is 3.54. The molecule has 0 saturated carbocycles. The maximum Gasteiger partial charge on any atom is 0.269 e. The van der Waals surface area contributed by atoms with E-state index < -0.39 is 0 Å². The Balaban J connectivity index is 1.60. The molecule has 2 bridgehead atoms. The van der Waals surface area contributed by atoms with Crippen molar-refractivity contribution in [1.82, 2.24) is 19.8 Å². The molecule has 1 amide bonds. The smallest absolute Gasteiger partial charge is 0.269 e. The number of rotatable bonds is 5. The zero-order valence-corrected chi connectivity index (χ0v) is 15.7. The van der Waals surface area contributed by atoms with Crippen LogP contribution in [0.25, 0.3) is 0 Å². The summed E-state index contributed by atoms with van der Waals surface area (Å²) in [4.78, 5) is 31.7. The van der Waals surface area contributed by atoms with E-state index in [0.29, 0.717) is 24.1 Å². The Labute approximate surface area is 159 Å². The van der Waals surface area contributed by atoms with E-state index in [4.69, 9.17) is 0 Å². The number of hydrogen-bond donors (Lipinski definition) is 1. The molecule has 3 atom stereocenters. The normalized spacial score (nSPS) is 24.3. The number of nitrogens with zero attached hydrogens (tertiary/aromatic N) is 3. The third-order valence-corrected chi connectivity index (χ3v) is 5.78. The molecule has 0 spiro atoms. The van der Waals surface area contributed by atoms with E-state index in [2.05, 4.69) is 28.2 Å². The number of fused-ring (bicyclic) bond motifs is 4. The van der Waals surface area contributed by atoms with E-state index in [0.717, 1.165) is 38.2 Å². The Hall–Kier alpha value is -2.47. The minimum atomic E-state index is -0.190. The van der Waals surface area contributed by atoms with Crippen LogP contribution in [0, 0.1) is 5.92 Å². The molecular weight excluding hydrogens is 340 g/mol. The summed E-state index contributed by atoms with van der Waals surface area (Å²) in [5, 5.41) is 3.01. The van der Waals surface area contributed by atoms with Crippen molar-refractivity contribution >= 4 is 5.91 Å². The van der Waals surface area contributed by atoms with Crippen LogP contribution >= 0.6 is 0 Å². The molecule has 2 aliphatic heterocycles. The molecule has 0 aliphatic carbocycles. The lowest BCUT2D eigenvalue weighted by Crippen LogP contribution is -2.52. The SMILES string of the molecule is CCCN1C[C@H]2C[C@@H](C1)[C@H](CNC(=O)c1ccccn1)n1c2cccc1=O. The topological polar surface area (TPSA) is 67.2 Å². The van der Waals surface area contributed by atoms with Crippen molar-refractivity contribution in [3.8, 4) is 0 Å². The number of piperidine rings is 1. The van der Waals surface area contributed by atoms with Crippen molar-refractivity contribution in [2.24, 2.45) is 5.92 Å². The van der Waals surface area contributed by atoms with Crippen molar-refractivity contribution < 1.29 is 4.79 Å². The molecule has 27 heavy (non-hydrogen) atoms. The molecule has 2 aliphatic rings. The van der Waals surface area contributed by atoms with Crippen molar-refractivity contribution in [2.45, 2.75) is 31.7 Å². The number of carbonyl (C=O) groups is 1. The van der Waals surface area contributed by atoms with Gasteiger partial charge in [-0.2, -0.15) is 0 Å². The average Bonchev–Trinajstić information content (AvgIpc) is 2.69. The Morgan fingerprint density at radius 3 is 2.89 bits per heavy atom. The monoisotopic (exact) mass is 366 g/mol. The van der Waals surface area contributed by atoms with Crippen LogP contribution < -0.4 is 10.9 Å². The molecule has 4 heterocycles. The molecule has 2 aromatic rings. The fourth-order valence-electron chi connectivity index (χ4n) is 4.68. The largest absolute Gasteiger partial charge is 0.349 e. The van der Waals surface area contributed by atoms with Gasteiger partial charge in [0.15, 0.2) is 0 Å². The lowest BCUT2D eigenvalue weighted by molar-refractivity contribution is 0.0818. The zero-order chi connectivity index (χ0) is 18.8. The molecule has 0 unspecified atom stereocenters. The number of hydrogen-bond acceptors (Lipinski definition) is 4. The highest BCUT2D eigenvalue weighted by Gasteiger charge is 2.40. The predicted molar refractivity (Wildman–Crippen MR) is 104 cm³/mol. The number of pyridine rings is 2. The third-order valence-electron chi connectivity index (χ3n) is 5.78. The summed E-state index contributed by atoms with van der Waals surface area (Å²) in [7, 11) is 0. The Morgan fingerprint density at radius 2 is 2.11 bits per heavy atom. The molecule has 4 rings (SSSR count). The first-order chi connectivity index (χ1) is 13.2. The van der Waals surface area contributed by atoms with Crippen LogP contribution in [0.5, 0.6) is 0 Å². The zero-order valence-electron chi connectivity index (χ0n) is 15.7. The predicted octanol–water partition coefficient (Wildman–Crippen LogP) is 2.04. The van der Waals surface area contributed by atoms with Crippen molar-refractivity contribution in [1.29, 1.82) is 0 Å². The van der Waals surface area contributed by atoms with Gasteiger partial charge in [0.05, 0.1) is 6.04 Å². The first-order valence-corrected chi connectivity index (χ1v) is 9.80. The van der Waals surface area contributed by atoms with E-state index >= 15 is 0 Å². The van der Waals surface area contributed by atoms with Crippen molar-refractivity contribution in [3.05, 3.63) is 64.3 Å². The molecule has 6 heteroatoms. The number of aromatic nitrogens is 2. The highest BCUT2D eigenvalue weighted by atomic mass is 16.2. The van der Waals surface area contributed by atoms with E-state index in [9.17, 15) is 9.59 Å². The quantitative estimate of drug-likeness (QED) is 0.879. The summed E-state index contributed by atoms with van der Waals surface area (Å²) < 4.78 is 1.93. The summed E-state index contributed by atoms with van der Waals surface area (Å²) in [5.74, 6) is 0.573. The highest BCUT2D eigenvalue weighted by molar-refractivity contribution is 5.92. The second-order valence-corrected chi connectivity index (χ2v) is 7.60. The molecule has 0 radical (unpaired) electrons. The summed E-state index contributed by atoms with van der Waals surface area (Å²) in [6.45, 7) is 5.73. The van der Waals surface area contributed by atoms with E-state index in [1.54, 1.807) is 30.5 Å². The lowest BCUT2D eigenvalue weighted by atomic mass is 9.78. The second kappa shape index (κ2) is 7.64. The molecular formula is C21H26N4O2. The summed E-state index contributed by atoms with van der Waals surface area (Å²) in [6, 6.07) is 10.8. The second-order valence-electron chi connectivity index (χ2n) is 7.60. The number of amides is 1. The van der Waals surface area contributed by atoms with Gasteiger partial charge in [0.2, 0.25) is 0 Å². The maximum atomic E-state index is 12.7. The number of likely N-dealkylation sites (tertiary alicyclic amines) is 1. The molecule has 2 aromatic heterocycles. The average molecular weight is 366 g/mol. The van der Waals surface area contributed by atoms with E-state index in [-0.39, 0.29) is 17.5 Å². The van der Waals surface area contributed by atoms with Crippen LogP contribution in [0.1, 0.15) is 47.9 Å². The number of carbonyl (C=O) groups excluding carboxylic acids is 1. The number of nitrogens with one attached hydrogen (secondary N) is 1. The van der Waals surface area contributed by atoms with Crippen molar-refractivity contribution in [3.63, 3.8) is 0 Å². The Bertz CT molecular complexity index is 864. The van der Waals surface area contributed by atoms with Gasteiger partial charge in [-0.15, -0.1) is 0 Å². The molecule has 1 N–H and O–H groups in total. The Kier molecular flexibility index (Phi) is 5.07. The van der Waals surface area contributed by atoms with Crippen LogP contribution in [0.4, 0.5) is 0 Å². The summed E-state index contributed by atoms with van der Waals surface area (Å²) in [5.41, 5.74) is 1.54. The van der Waals surface area contributed by atoms with Gasteiger partial charge >= 0.3 is 0 Å². The lowest BCUT2D eigenvalue weighted by Gasteiger charge is -2.47. The summed E-state index contributed by atoms with van der Waals surface area (Å²) in [6.07, 6.45) is 3.82. The van der Waals surface area contributed by atoms with E-state index in [1.165, 1.54) is 0 Å². The summed E-state index contributed by atoms with van der Waals surface area (Å²) >= 11 is 0. The van der Waals surface area contributed by atoms with E-state index in [1.807, 2.05) is 10.6 Å². The first-order valence-electron chi connectivity index (χ1n) is 9.80. The van der Waals surface area contributed by atoms with Crippen LogP contribution in [-0.4, -0.2) is 46.5 Å².